The number of unbranched alkanes of at least 4 members (excludes halogenated alkanes) is 3. The summed E-state index contributed by atoms with van der Waals surface area (Å²) in [5, 5.41) is 10.2. The number of hydrogen-bond acceptors (Lipinski definition) is 5. The highest BCUT2D eigenvalue weighted by Gasteiger charge is 2.34. The van der Waals surface area contributed by atoms with E-state index in [1.165, 1.54) is 25.3 Å². The molecule has 1 atom stereocenters. The van der Waals surface area contributed by atoms with Gasteiger partial charge in [0.25, 0.3) is 0 Å². The Balaban J connectivity index is 1.56. The van der Waals surface area contributed by atoms with Crippen LogP contribution in [0.2, 0.25) is 0 Å². The molecule has 3 aromatic rings. The Hall–Kier alpha value is -3.51. The van der Waals surface area contributed by atoms with E-state index >= 15 is 0 Å². The number of fused-ring (bicyclic) bond motifs is 1. The summed E-state index contributed by atoms with van der Waals surface area (Å²) >= 11 is 0. The van der Waals surface area contributed by atoms with E-state index in [9.17, 15) is 14.1 Å². The third-order valence-corrected chi connectivity index (χ3v) is 7.38. The van der Waals surface area contributed by atoms with Gasteiger partial charge < -0.3 is 9.84 Å². The number of hydrogen-bond donors (Lipinski definition) is 1. The third kappa shape index (κ3) is 5.60. The van der Waals surface area contributed by atoms with Gasteiger partial charge in [0.2, 0.25) is 5.78 Å². The average molecular weight is 488 g/mol. The van der Waals surface area contributed by atoms with Crippen molar-refractivity contribution in [1.82, 2.24) is 0 Å². The number of benzene rings is 3. The SMILES string of the molecule is CCCCCCN=CCOc1ccc(C2=C(C(=O)c3ccccc3O)S(=O)c3ccccc32)cc1. The molecule has 6 heteroatoms. The molecule has 0 aliphatic carbocycles. The van der Waals surface area contributed by atoms with Crippen molar-refractivity contribution >= 4 is 28.4 Å². The van der Waals surface area contributed by atoms with Crippen LogP contribution in [0.4, 0.5) is 0 Å². The second kappa shape index (κ2) is 11.8. The molecule has 0 spiro atoms. The molecule has 1 heterocycles. The van der Waals surface area contributed by atoms with Gasteiger partial charge in [0.1, 0.15) is 23.0 Å². The van der Waals surface area contributed by atoms with Crippen LogP contribution in [0.5, 0.6) is 11.5 Å². The molecule has 4 rings (SSSR count). The number of allylic oxidation sites excluding steroid dienone is 1. The van der Waals surface area contributed by atoms with Crippen LogP contribution < -0.4 is 4.74 Å². The fourth-order valence-electron chi connectivity index (χ4n) is 4.06. The van der Waals surface area contributed by atoms with E-state index in [0.29, 0.717) is 22.8 Å². The smallest absolute Gasteiger partial charge is 0.206 e. The predicted molar refractivity (Wildman–Crippen MR) is 141 cm³/mol. The van der Waals surface area contributed by atoms with Crippen molar-refractivity contribution in [2.75, 3.05) is 13.2 Å². The van der Waals surface area contributed by atoms with E-state index in [4.69, 9.17) is 4.74 Å². The molecule has 35 heavy (non-hydrogen) atoms. The second-order valence-corrected chi connectivity index (χ2v) is 9.69. The molecule has 0 aromatic heterocycles. The van der Waals surface area contributed by atoms with Crippen molar-refractivity contribution in [3.8, 4) is 11.5 Å². The molecule has 1 N–H and O–H groups in total. The van der Waals surface area contributed by atoms with Crippen LogP contribution in [0.25, 0.3) is 5.57 Å². The number of rotatable bonds is 11. The second-order valence-electron chi connectivity index (χ2n) is 8.30. The lowest BCUT2D eigenvalue weighted by Crippen LogP contribution is -2.08. The number of Topliss-reactive ketones (excluding diaryl/α,β-unsaturated/α-hetero) is 1. The molecule has 5 nitrogen and oxygen atoms in total. The number of carbonyl (C=O) groups excluding carboxylic acids is 1. The van der Waals surface area contributed by atoms with Crippen molar-refractivity contribution < 1.29 is 18.8 Å². The summed E-state index contributed by atoms with van der Waals surface area (Å²) in [6.45, 7) is 3.40. The minimum atomic E-state index is -1.65. The summed E-state index contributed by atoms with van der Waals surface area (Å²) in [6, 6.07) is 21.1. The van der Waals surface area contributed by atoms with Crippen molar-refractivity contribution in [1.29, 1.82) is 0 Å². The molecular formula is C29H29NO4S. The first-order valence-electron chi connectivity index (χ1n) is 11.9. The summed E-state index contributed by atoms with van der Waals surface area (Å²) in [6.07, 6.45) is 6.55. The number of para-hydroxylation sites is 1. The number of ketones is 1. The van der Waals surface area contributed by atoms with Crippen molar-refractivity contribution in [3.05, 3.63) is 94.4 Å². The van der Waals surface area contributed by atoms with Gasteiger partial charge in [-0.05, 0) is 42.3 Å². The van der Waals surface area contributed by atoms with E-state index in [1.54, 1.807) is 30.5 Å². The van der Waals surface area contributed by atoms with E-state index < -0.39 is 16.6 Å². The zero-order valence-corrected chi connectivity index (χ0v) is 20.6. The molecule has 1 unspecified atom stereocenters. The number of ether oxygens (including phenoxy) is 1. The number of carbonyl (C=O) groups is 1. The highest BCUT2D eigenvalue weighted by molar-refractivity contribution is 7.90. The first-order chi connectivity index (χ1) is 17.1. The molecule has 0 amide bonds. The quantitative estimate of drug-likeness (QED) is 0.199. The molecule has 0 saturated carbocycles. The summed E-state index contributed by atoms with van der Waals surface area (Å²) in [5.74, 6) is 0.115. The largest absolute Gasteiger partial charge is 0.507 e. The standard InChI is InChI=1S/C29H29NO4S/c1-2-3-4-9-18-30-19-20-34-22-16-14-21(15-17-22)27-24-11-6-8-13-26(24)35(33)29(27)28(32)23-10-5-7-12-25(23)31/h5-8,10-17,19,31H,2-4,9,18,20H2,1H3. The molecule has 0 fully saturated rings. The molecule has 1 aliphatic heterocycles. The van der Waals surface area contributed by atoms with Crippen LogP contribution in [0, 0.1) is 0 Å². The van der Waals surface area contributed by atoms with Crippen LogP contribution in [0.1, 0.15) is 54.1 Å². The minimum absolute atomic E-state index is 0.131. The zero-order valence-electron chi connectivity index (χ0n) is 19.8. The molecule has 0 saturated heterocycles. The summed E-state index contributed by atoms with van der Waals surface area (Å²) < 4.78 is 19.1. The molecule has 0 bridgehead atoms. The highest BCUT2D eigenvalue weighted by Crippen LogP contribution is 2.42. The fourth-order valence-corrected chi connectivity index (χ4v) is 5.54. The number of phenolic OH excluding ortho intramolecular Hbond substituents is 1. The highest BCUT2D eigenvalue weighted by atomic mass is 32.2. The lowest BCUT2D eigenvalue weighted by Gasteiger charge is -2.10. The molecule has 1 aliphatic rings. The molecule has 180 valence electrons. The Morgan fingerprint density at radius 2 is 1.71 bits per heavy atom. The Bertz CT molecular complexity index is 1280. The Labute approximate surface area is 208 Å². The maximum Gasteiger partial charge on any atom is 0.206 e. The monoisotopic (exact) mass is 487 g/mol. The number of aliphatic imine (C=N–C) groups is 1. The molecule has 0 radical (unpaired) electrons. The first-order valence-corrected chi connectivity index (χ1v) is 13.1. The predicted octanol–water partition coefficient (Wildman–Crippen LogP) is 6.19. The topological polar surface area (TPSA) is 76.0 Å². The number of aromatic hydroxyl groups is 1. The van der Waals surface area contributed by atoms with Gasteiger partial charge in [-0.15, -0.1) is 0 Å². The van der Waals surface area contributed by atoms with Gasteiger partial charge in [-0.3, -0.25) is 9.79 Å². The Kier molecular flexibility index (Phi) is 8.27. The molecular weight excluding hydrogens is 458 g/mol. The summed E-state index contributed by atoms with van der Waals surface area (Å²) in [4.78, 5) is 18.6. The van der Waals surface area contributed by atoms with Crippen LogP contribution in [0.3, 0.4) is 0 Å². The van der Waals surface area contributed by atoms with Crippen LogP contribution in [0.15, 0.2) is 87.6 Å². The van der Waals surface area contributed by atoms with E-state index in [0.717, 1.165) is 24.1 Å². The lowest BCUT2D eigenvalue weighted by atomic mass is 9.95. The average Bonchev–Trinajstić information content (AvgIpc) is 3.18. The van der Waals surface area contributed by atoms with Crippen molar-refractivity contribution in [2.24, 2.45) is 4.99 Å². The third-order valence-electron chi connectivity index (χ3n) is 5.86. The number of nitrogens with zero attached hydrogens (tertiary/aromatic N) is 1. The molecule has 3 aromatic carbocycles. The Morgan fingerprint density at radius 3 is 2.49 bits per heavy atom. The first kappa shape index (κ1) is 24.6. The normalized spacial score (nSPS) is 14.9. The maximum absolute atomic E-state index is 13.4. The van der Waals surface area contributed by atoms with Crippen LogP contribution in [-0.2, 0) is 10.8 Å². The fraction of sp³-hybridized carbons (Fsp3) is 0.241. The van der Waals surface area contributed by atoms with Gasteiger partial charge in [-0.25, -0.2) is 4.21 Å². The van der Waals surface area contributed by atoms with Crippen molar-refractivity contribution in [2.45, 2.75) is 37.5 Å². The van der Waals surface area contributed by atoms with E-state index in [2.05, 4.69) is 11.9 Å². The number of phenols is 1. The van der Waals surface area contributed by atoms with Crippen LogP contribution in [-0.4, -0.2) is 34.5 Å². The van der Waals surface area contributed by atoms with Gasteiger partial charge in [0, 0.05) is 23.9 Å². The minimum Gasteiger partial charge on any atom is -0.507 e. The van der Waals surface area contributed by atoms with E-state index in [1.807, 2.05) is 42.5 Å². The lowest BCUT2D eigenvalue weighted by molar-refractivity contribution is 0.104. The summed E-state index contributed by atoms with van der Waals surface area (Å²) in [5.41, 5.74) is 2.27. The zero-order chi connectivity index (χ0) is 24.6. The Morgan fingerprint density at radius 1 is 0.971 bits per heavy atom. The van der Waals surface area contributed by atoms with Gasteiger partial charge in [-0.2, -0.15) is 0 Å². The summed E-state index contributed by atoms with van der Waals surface area (Å²) in [7, 11) is -1.65. The van der Waals surface area contributed by atoms with Gasteiger partial charge in [-0.1, -0.05) is 68.7 Å². The van der Waals surface area contributed by atoms with Gasteiger partial charge in [0.05, 0.1) is 21.3 Å². The van der Waals surface area contributed by atoms with Crippen molar-refractivity contribution in [3.63, 3.8) is 0 Å². The van der Waals surface area contributed by atoms with Gasteiger partial charge in [0.15, 0.2) is 0 Å². The van der Waals surface area contributed by atoms with E-state index in [-0.39, 0.29) is 16.2 Å². The maximum atomic E-state index is 13.4. The van der Waals surface area contributed by atoms with Gasteiger partial charge >= 0.3 is 0 Å². The van der Waals surface area contributed by atoms with Crippen LogP contribution >= 0.6 is 0 Å².